The van der Waals surface area contributed by atoms with Gasteiger partial charge in [-0.15, -0.1) is 11.3 Å². The first-order valence-corrected chi connectivity index (χ1v) is 7.60. The minimum absolute atomic E-state index is 0.411. The molecule has 1 aromatic heterocycles. The first-order chi connectivity index (χ1) is 8.67. The molecular formula is C12H17NO3S2. The number of hydrogen-bond donors (Lipinski definition) is 1. The van der Waals surface area contributed by atoms with Gasteiger partial charge < -0.3 is 9.84 Å². The SMILES string of the molecule is CCCSCc1nc(COC)c(/C=C/C(=O)O)s1. The molecule has 0 atom stereocenters. The van der Waals surface area contributed by atoms with E-state index < -0.39 is 5.97 Å². The zero-order valence-corrected chi connectivity index (χ0v) is 12.1. The van der Waals surface area contributed by atoms with Crippen molar-refractivity contribution in [3.63, 3.8) is 0 Å². The van der Waals surface area contributed by atoms with Crippen molar-refractivity contribution in [2.45, 2.75) is 25.7 Å². The predicted molar refractivity (Wildman–Crippen MR) is 75.9 cm³/mol. The van der Waals surface area contributed by atoms with Gasteiger partial charge in [-0.25, -0.2) is 9.78 Å². The molecule has 1 heterocycles. The molecule has 0 aliphatic heterocycles. The van der Waals surface area contributed by atoms with E-state index in [-0.39, 0.29) is 0 Å². The molecule has 6 heteroatoms. The van der Waals surface area contributed by atoms with Crippen LogP contribution < -0.4 is 0 Å². The minimum Gasteiger partial charge on any atom is -0.478 e. The van der Waals surface area contributed by atoms with Crippen LogP contribution in [0.5, 0.6) is 0 Å². The van der Waals surface area contributed by atoms with E-state index in [1.54, 1.807) is 13.2 Å². The lowest BCUT2D eigenvalue weighted by molar-refractivity contribution is -0.131. The number of carboxylic acids is 1. The zero-order valence-electron chi connectivity index (χ0n) is 10.5. The number of hydrogen-bond acceptors (Lipinski definition) is 5. The molecule has 100 valence electrons. The molecule has 0 unspecified atom stereocenters. The van der Waals surface area contributed by atoms with Crippen LogP contribution in [-0.2, 0) is 21.9 Å². The molecular weight excluding hydrogens is 270 g/mol. The third-order valence-corrected chi connectivity index (χ3v) is 4.42. The Morgan fingerprint density at radius 3 is 3.00 bits per heavy atom. The standard InChI is InChI=1S/C12H17NO3S2/c1-3-6-17-8-11-13-9(7-16-2)10(18-11)4-5-12(14)15/h4-5H,3,6-8H2,1-2H3,(H,14,15)/b5-4+. The number of nitrogens with zero attached hydrogens (tertiary/aromatic N) is 1. The molecule has 18 heavy (non-hydrogen) atoms. The highest BCUT2D eigenvalue weighted by Gasteiger charge is 2.09. The maximum absolute atomic E-state index is 10.5. The number of rotatable bonds is 8. The van der Waals surface area contributed by atoms with E-state index in [1.807, 2.05) is 11.8 Å². The smallest absolute Gasteiger partial charge is 0.328 e. The second-order valence-corrected chi connectivity index (χ2v) is 5.80. The Morgan fingerprint density at radius 2 is 2.39 bits per heavy atom. The molecule has 0 aliphatic carbocycles. The van der Waals surface area contributed by atoms with Gasteiger partial charge in [0.25, 0.3) is 0 Å². The Bertz CT molecular complexity index is 415. The van der Waals surface area contributed by atoms with E-state index >= 15 is 0 Å². The van der Waals surface area contributed by atoms with Crippen molar-refractivity contribution in [1.82, 2.24) is 4.98 Å². The normalized spacial score (nSPS) is 11.2. The van der Waals surface area contributed by atoms with Crippen molar-refractivity contribution in [1.29, 1.82) is 0 Å². The summed E-state index contributed by atoms with van der Waals surface area (Å²) in [7, 11) is 1.61. The topological polar surface area (TPSA) is 59.4 Å². The predicted octanol–water partition coefficient (Wildman–Crippen LogP) is 3.03. The average Bonchev–Trinajstić information content (AvgIpc) is 2.70. The Balaban J connectivity index is 2.76. The molecule has 0 spiro atoms. The highest BCUT2D eigenvalue weighted by molar-refractivity contribution is 7.98. The third kappa shape index (κ3) is 5.20. The number of carboxylic acid groups (broad SMARTS) is 1. The second kappa shape index (κ2) is 8.29. The summed E-state index contributed by atoms with van der Waals surface area (Å²) in [6.07, 6.45) is 3.87. The van der Waals surface area contributed by atoms with Crippen molar-refractivity contribution in [2.75, 3.05) is 12.9 Å². The molecule has 0 fully saturated rings. The van der Waals surface area contributed by atoms with Gasteiger partial charge in [0.05, 0.1) is 17.2 Å². The van der Waals surface area contributed by atoms with E-state index in [0.717, 1.165) is 39.6 Å². The summed E-state index contributed by atoms with van der Waals surface area (Å²) in [5.74, 6) is 1.03. The summed E-state index contributed by atoms with van der Waals surface area (Å²) < 4.78 is 5.07. The highest BCUT2D eigenvalue weighted by atomic mass is 32.2. The molecule has 1 N–H and O–H groups in total. The fraction of sp³-hybridized carbons (Fsp3) is 0.500. The van der Waals surface area contributed by atoms with Crippen molar-refractivity contribution in [3.8, 4) is 0 Å². The number of methoxy groups -OCH3 is 1. The fourth-order valence-electron chi connectivity index (χ4n) is 1.30. The maximum Gasteiger partial charge on any atom is 0.328 e. The molecule has 0 bridgehead atoms. The first kappa shape index (κ1) is 15.2. The van der Waals surface area contributed by atoms with Crippen molar-refractivity contribution in [3.05, 3.63) is 21.7 Å². The van der Waals surface area contributed by atoms with Crippen LogP contribution in [0, 0.1) is 0 Å². The minimum atomic E-state index is -0.950. The molecule has 1 rings (SSSR count). The van der Waals surface area contributed by atoms with Crippen LogP contribution >= 0.6 is 23.1 Å². The van der Waals surface area contributed by atoms with Crippen LogP contribution in [0.1, 0.15) is 28.9 Å². The lowest BCUT2D eigenvalue weighted by Gasteiger charge is -1.95. The Morgan fingerprint density at radius 1 is 1.61 bits per heavy atom. The quantitative estimate of drug-likeness (QED) is 0.588. The average molecular weight is 287 g/mol. The molecule has 0 amide bonds. The summed E-state index contributed by atoms with van der Waals surface area (Å²) >= 11 is 3.37. The number of thioether (sulfide) groups is 1. The highest BCUT2D eigenvalue weighted by Crippen LogP contribution is 2.24. The lowest BCUT2D eigenvalue weighted by atomic mass is 10.3. The van der Waals surface area contributed by atoms with Gasteiger partial charge >= 0.3 is 5.97 Å². The maximum atomic E-state index is 10.5. The summed E-state index contributed by atoms with van der Waals surface area (Å²) in [6, 6.07) is 0. The molecule has 0 aliphatic rings. The van der Waals surface area contributed by atoms with Crippen LogP contribution in [-0.4, -0.2) is 28.9 Å². The fourth-order valence-corrected chi connectivity index (χ4v) is 3.22. The van der Waals surface area contributed by atoms with Gasteiger partial charge in [-0.1, -0.05) is 6.92 Å². The first-order valence-electron chi connectivity index (χ1n) is 5.63. The molecule has 0 aromatic carbocycles. The molecule has 0 saturated heterocycles. The third-order valence-electron chi connectivity index (χ3n) is 2.00. The van der Waals surface area contributed by atoms with Gasteiger partial charge in [0.1, 0.15) is 5.01 Å². The van der Waals surface area contributed by atoms with E-state index in [9.17, 15) is 4.79 Å². The van der Waals surface area contributed by atoms with E-state index in [2.05, 4.69) is 11.9 Å². The largest absolute Gasteiger partial charge is 0.478 e. The number of thiazole rings is 1. The van der Waals surface area contributed by atoms with E-state index in [1.165, 1.54) is 11.3 Å². The number of aliphatic carboxylic acids is 1. The van der Waals surface area contributed by atoms with Crippen LogP contribution in [0.4, 0.5) is 0 Å². The van der Waals surface area contributed by atoms with Gasteiger partial charge in [0.2, 0.25) is 0 Å². The van der Waals surface area contributed by atoms with Gasteiger partial charge in [0.15, 0.2) is 0 Å². The zero-order chi connectivity index (χ0) is 13.4. The van der Waals surface area contributed by atoms with E-state index in [4.69, 9.17) is 9.84 Å². The van der Waals surface area contributed by atoms with Crippen molar-refractivity contribution >= 4 is 35.1 Å². The Labute approximate surface area is 115 Å². The molecule has 1 aromatic rings. The van der Waals surface area contributed by atoms with Crippen LogP contribution in [0.3, 0.4) is 0 Å². The van der Waals surface area contributed by atoms with Gasteiger partial charge in [0, 0.05) is 18.9 Å². The second-order valence-electron chi connectivity index (χ2n) is 3.58. The van der Waals surface area contributed by atoms with Crippen molar-refractivity contribution in [2.24, 2.45) is 0 Å². The summed E-state index contributed by atoms with van der Waals surface area (Å²) in [4.78, 5) is 15.9. The van der Waals surface area contributed by atoms with E-state index in [0.29, 0.717) is 6.61 Å². The van der Waals surface area contributed by atoms with Crippen LogP contribution in [0.2, 0.25) is 0 Å². The Hall–Kier alpha value is -0.850. The molecule has 4 nitrogen and oxygen atoms in total. The van der Waals surface area contributed by atoms with Gasteiger partial charge in [-0.05, 0) is 18.2 Å². The lowest BCUT2D eigenvalue weighted by Crippen LogP contribution is -1.91. The summed E-state index contributed by atoms with van der Waals surface area (Å²) in [5, 5.41) is 9.66. The van der Waals surface area contributed by atoms with Gasteiger partial charge in [-0.2, -0.15) is 11.8 Å². The number of ether oxygens (including phenoxy) is 1. The number of aromatic nitrogens is 1. The monoisotopic (exact) mass is 287 g/mol. The molecule has 0 saturated carbocycles. The summed E-state index contributed by atoms with van der Waals surface area (Å²) in [6.45, 7) is 2.56. The summed E-state index contributed by atoms with van der Waals surface area (Å²) in [5.41, 5.74) is 0.812. The Kier molecular flexibility index (Phi) is 7.00. The van der Waals surface area contributed by atoms with Gasteiger partial charge in [-0.3, -0.25) is 0 Å². The number of carbonyl (C=O) groups is 1. The van der Waals surface area contributed by atoms with Crippen LogP contribution in [0.15, 0.2) is 6.08 Å². The molecule has 0 radical (unpaired) electrons. The van der Waals surface area contributed by atoms with Crippen LogP contribution in [0.25, 0.3) is 6.08 Å². The van der Waals surface area contributed by atoms with Crippen molar-refractivity contribution < 1.29 is 14.6 Å².